The standard InChI is InChI=1S/C26H26O4/c1-4-5-18-6-8-19(9-7-18)10-11-20-12-14-21(15-13-20)16-22-17(2)23(27)26(30-3)25(29)24(22)28/h4,6-9,12-15,29H,1,5,10-11,16H2,2-3H3. The number of ether oxygens (including phenoxy) is 1. The van der Waals surface area contributed by atoms with Crippen LogP contribution in [0.5, 0.6) is 0 Å². The molecule has 0 bridgehead atoms. The van der Waals surface area contributed by atoms with Gasteiger partial charge in [-0.1, -0.05) is 54.6 Å². The van der Waals surface area contributed by atoms with Crippen molar-refractivity contribution in [3.8, 4) is 0 Å². The summed E-state index contributed by atoms with van der Waals surface area (Å²) in [5.74, 6) is -1.89. The van der Waals surface area contributed by atoms with Gasteiger partial charge in [0.25, 0.3) is 0 Å². The zero-order valence-corrected chi connectivity index (χ0v) is 17.4. The summed E-state index contributed by atoms with van der Waals surface area (Å²) in [5, 5.41) is 9.99. The number of methoxy groups -OCH3 is 1. The van der Waals surface area contributed by atoms with E-state index in [0.29, 0.717) is 17.6 Å². The number of aliphatic hydroxyl groups is 1. The summed E-state index contributed by atoms with van der Waals surface area (Å²) in [7, 11) is 1.27. The van der Waals surface area contributed by atoms with Crippen LogP contribution in [-0.4, -0.2) is 23.8 Å². The van der Waals surface area contributed by atoms with Crippen LogP contribution in [0.4, 0.5) is 0 Å². The second kappa shape index (κ2) is 9.40. The third kappa shape index (κ3) is 4.60. The second-order valence-corrected chi connectivity index (χ2v) is 7.45. The molecule has 0 radical (unpaired) electrons. The Hall–Kier alpha value is -3.40. The van der Waals surface area contributed by atoms with Gasteiger partial charge < -0.3 is 9.84 Å². The number of hydrogen-bond donors (Lipinski definition) is 1. The Labute approximate surface area is 177 Å². The smallest absolute Gasteiger partial charge is 0.228 e. The number of carbonyl (C=O) groups is 2. The minimum absolute atomic E-state index is 0.283. The zero-order valence-electron chi connectivity index (χ0n) is 17.4. The van der Waals surface area contributed by atoms with Gasteiger partial charge in [-0.05, 0) is 48.4 Å². The molecule has 1 N–H and O–H groups in total. The van der Waals surface area contributed by atoms with Crippen molar-refractivity contribution in [3.05, 3.63) is 106 Å². The zero-order chi connectivity index (χ0) is 21.7. The number of carbonyl (C=O) groups excluding carboxylic acids is 2. The van der Waals surface area contributed by atoms with Crippen LogP contribution in [0.3, 0.4) is 0 Å². The first-order valence-electron chi connectivity index (χ1n) is 9.97. The third-order valence-corrected chi connectivity index (χ3v) is 5.42. The van der Waals surface area contributed by atoms with Gasteiger partial charge >= 0.3 is 0 Å². The predicted octanol–water partition coefficient (Wildman–Crippen LogP) is 4.63. The fourth-order valence-corrected chi connectivity index (χ4v) is 3.56. The van der Waals surface area contributed by atoms with E-state index in [1.807, 2.05) is 30.3 Å². The molecule has 4 heteroatoms. The average Bonchev–Trinajstić information content (AvgIpc) is 2.76. The summed E-state index contributed by atoms with van der Waals surface area (Å²) < 4.78 is 4.87. The number of Topliss-reactive ketones (excluding diaryl/α,β-unsaturated/α-hetero) is 2. The SMILES string of the molecule is C=CCc1ccc(CCc2ccc(CC3=C(C)C(=O)C(OC)=C(O)C3=O)cc2)cc1. The van der Waals surface area contributed by atoms with E-state index in [9.17, 15) is 14.7 Å². The van der Waals surface area contributed by atoms with E-state index < -0.39 is 17.3 Å². The van der Waals surface area contributed by atoms with Gasteiger partial charge in [-0.25, -0.2) is 0 Å². The van der Waals surface area contributed by atoms with Crippen molar-refractivity contribution < 1.29 is 19.4 Å². The number of aliphatic hydroxyl groups excluding tert-OH is 1. The topological polar surface area (TPSA) is 63.6 Å². The van der Waals surface area contributed by atoms with Gasteiger partial charge in [0.1, 0.15) is 0 Å². The monoisotopic (exact) mass is 402 g/mol. The van der Waals surface area contributed by atoms with Crippen LogP contribution in [0.25, 0.3) is 0 Å². The maximum Gasteiger partial charge on any atom is 0.228 e. The van der Waals surface area contributed by atoms with E-state index in [-0.39, 0.29) is 5.76 Å². The fraction of sp³-hybridized carbons (Fsp3) is 0.231. The van der Waals surface area contributed by atoms with E-state index >= 15 is 0 Å². The van der Waals surface area contributed by atoms with Gasteiger partial charge in [-0.2, -0.15) is 0 Å². The van der Waals surface area contributed by atoms with Gasteiger partial charge in [-0.15, -0.1) is 6.58 Å². The lowest BCUT2D eigenvalue weighted by molar-refractivity contribution is -0.120. The van der Waals surface area contributed by atoms with Gasteiger partial charge in [0.2, 0.25) is 23.1 Å². The van der Waals surface area contributed by atoms with Gasteiger partial charge in [-0.3, -0.25) is 9.59 Å². The van der Waals surface area contributed by atoms with E-state index in [1.165, 1.54) is 23.8 Å². The molecule has 0 atom stereocenters. The molecule has 30 heavy (non-hydrogen) atoms. The quantitative estimate of drug-likeness (QED) is 0.517. The maximum absolute atomic E-state index is 12.4. The molecule has 3 rings (SSSR count). The fourth-order valence-electron chi connectivity index (χ4n) is 3.56. The molecule has 0 aliphatic heterocycles. The Morgan fingerprint density at radius 1 is 0.867 bits per heavy atom. The highest BCUT2D eigenvalue weighted by Crippen LogP contribution is 2.26. The third-order valence-electron chi connectivity index (χ3n) is 5.42. The molecule has 2 aromatic carbocycles. The molecule has 4 nitrogen and oxygen atoms in total. The number of benzene rings is 2. The minimum Gasteiger partial charge on any atom is -0.501 e. The van der Waals surface area contributed by atoms with Crippen molar-refractivity contribution in [2.45, 2.75) is 32.6 Å². The summed E-state index contributed by atoms with van der Waals surface area (Å²) in [6.07, 6.45) is 4.94. The molecule has 154 valence electrons. The summed E-state index contributed by atoms with van der Waals surface area (Å²) in [5.41, 5.74) is 5.29. The molecule has 0 saturated heterocycles. The Bertz CT molecular complexity index is 1020. The van der Waals surface area contributed by atoms with Gasteiger partial charge in [0.05, 0.1) is 7.11 Å². The maximum atomic E-state index is 12.4. The molecule has 2 aromatic rings. The molecule has 0 unspecified atom stereocenters. The Morgan fingerprint density at radius 3 is 1.87 bits per heavy atom. The number of aryl methyl sites for hydroxylation is 2. The normalized spacial score (nSPS) is 14.3. The molecular weight excluding hydrogens is 376 g/mol. The first-order chi connectivity index (χ1) is 14.4. The average molecular weight is 402 g/mol. The van der Waals surface area contributed by atoms with Gasteiger partial charge in [0, 0.05) is 17.6 Å². The number of hydrogen-bond acceptors (Lipinski definition) is 4. The molecule has 0 amide bonds. The summed E-state index contributed by atoms with van der Waals surface area (Å²) >= 11 is 0. The first-order valence-corrected chi connectivity index (χ1v) is 9.97. The van der Waals surface area contributed by atoms with Crippen LogP contribution in [0, 0.1) is 0 Å². The van der Waals surface area contributed by atoms with Crippen LogP contribution < -0.4 is 0 Å². The molecule has 0 spiro atoms. The molecule has 1 aliphatic carbocycles. The van der Waals surface area contributed by atoms with E-state index in [2.05, 4.69) is 30.8 Å². The van der Waals surface area contributed by atoms with E-state index in [0.717, 1.165) is 24.8 Å². The second-order valence-electron chi connectivity index (χ2n) is 7.45. The predicted molar refractivity (Wildman–Crippen MR) is 117 cm³/mol. The highest BCUT2D eigenvalue weighted by Gasteiger charge is 2.33. The summed E-state index contributed by atoms with van der Waals surface area (Å²) in [6, 6.07) is 16.6. The van der Waals surface area contributed by atoms with Crippen LogP contribution in [0.1, 0.15) is 29.2 Å². The molecule has 0 aromatic heterocycles. The molecule has 0 fully saturated rings. The van der Waals surface area contributed by atoms with Gasteiger partial charge in [0.15, 0.2) is 0 Å². The van der Waals surface area contributed by atoms with E-state index in [4.69, 9.17) is 4.74 Å². The Balaban J connectivity index is 1.64. The summed E-state index contributed by atoms with van der Waals surface area (Å²) in [6.45, 7) is 5.36. The molecule has 1 aliphatic rings. The highest BCUT2D eigenvalue weighted by atomic mass is 16.5. The Kier molecular flexibility index (Phi) is 6.68. The van der Waals surface area contributed by atoms with Crippen molar-refractivity contribution in [2.24, 2.45) is 0 Å². The van der Waals surface area contributed by atoms with Crippen molar-refractivity contribution in [2.75, 3.05) is 7.11 Å². The van der Waals surface area contributed by atoms with Crippen LogP contribution in [0.2, 0.25) is 0 Å². The van der Waals surface area contributed by atoms with Crippen molar-refractivity contribution in [3.63, 3.8) is 0 Å². The molecule has 0 saturated carbocycles. The lowest BCUT2D eigenvalue weighted by Crippen LogP contribution is -2.25. The number of allylic oxidation sites excluding steroid dienone is 3. The molecular formula is C26H26O4. The van der Waals surface area contributed by atoms with Crippen molar-refractivity contribution in [1.29, 1.82) is 0 Å². The van der Waals surface area contributed by atoms with Crippen molar-refractivity contribution >= 4 is 11.6 Å². The van der Waals surface area contributed by atoms with Crippen LogP contribution in [-0.2, 0) is 40.0 Å². The Morgan fingerprint density at radius 2 is 1.37 bits per heavy atom. The van der Waals surface area contributed by atoms with Crippen molar-refractivity contribution in [1.82, 2.24) is 0 Å². The highest BCUT2D eigenvalue weighted by molar-refractivity contribution is 6.23. The lowest BCUT2D eigenvalue weighted by atomic mass is 9.88. The minimum atomic E-state index is -0.612. The largest absolute Gasteiger partial charge is 0.501 e. The number of rotatable bonds is 8. The van der Waals surface area contributed by atoms with Crippen LogP contribution >= 0.6 is 0 Å². The first kappa shape index (κ1) is 21.3. The van der Waals surface area contributed by atoms with E-state index in [1.54, 1.807) is 6.92 Å². The van der Waals surface area contributed by atoms with Crippen LogP contribution in [0.15, 0.2) is 83.9 Å². The number of ketones is 2. The summed E-state index contributed by atoms with van der Waals surface area (Å²) in [4.78, 5) is 24.7. The lowest BCUT2D eigenvalue weighted by Gasteiger charge is -2.18. The molecule has 0 heterocycles.